The Balaban J connectivity index is 2.39. The molecule has 0 unspecified atom stereocenters. The summed E-state index contributed by atoms with van der Waals surface area (Å²) in [5.41, 5.74) is 1.42. The third kappa shape index (κ3) is 2.76. The Morgan fingerprint density at radius 1 is 1.06 bits per heavy atom. The average molecular weight is 264 g/mol. The van der Waals surface area contributed by atoms with E-state index in [-0.39, 0.29) is 4.90 Å². The van der Waals surface area contributed by atoms with Gasteiger partial charge in [-0.2, -0.15) is 0 Å². The van der Waals surface area contributed by atoms with Crippen molar-refractivity contribution in [3.63, 3.8) is 0 Å². The first-order valence-electron chi connectivity index (χ1n) is 5.29. The summed E-state index contributed by atoms with van der Waals surface area (Å²) in [4.78, 5) is 11.7. The number of halogens is 2. The lowest BCUT2D eigenvalue weighted by molar-refractivity contribution is 0.112. The standard InChI is InChI=1S/C14H10F2OS/c1-9-2-5-13(10(6-9)8-17)18-14-7-11(15)3-4-12(14)16/h2-8H,1H3. The highest BCUT2D eigenvalue weighted by atomic mass is 32.2. The molecule has 4 heteroatoms. The van der Waals surface area contributed by atoms with E-state index in [2.05, 4.69) is 0 Å². The van der Waals surface area contributed by atoms with Gasteiger partial charge >= 0.3 is 0 Å². The van der Waals surface area contributed by atoms with Gasteiger partial charge in [-0.05, 0) is 37.3 Å². The maximum Gasteiger partial charge on any atom is 0.151 e. The van der Waals surface area contributed by atoms with Crippen LogP contribution in [0, 0.1) is 18.6 Å². The van der Waals surface area contributed by atoms with Crippen LogP contribution in [0.4, 0.5) is 8.78 Å². The molecule has 0 aliphatic heterocycles. The molecule has 0 amide bonds. The number of rotatable bonds is 3. The van der Waals surface area contributed by atoms with Crippen LogP contribution in [-0.4, -0.2) is 6.29 Å². The summed E-state index contributed by atoms with van der Waals surface area (Å²) in [5.74, 6) is -1.00. The van der Waals surface area contributed by atoms with Crippen LogP contribution in [0.15, 0.2) is 46.2 Å². The summed E-state index contributed by atoms with van der Waals surface area (Å²) in [6, 6.07) is 8.53. The van der Waals surface area contributed by atoms with Crippen molar-refractivity contribution in [2.75, 3.05) is 0 Å². The van der Waals surface area contributed by atoms with E-state index >= 15 is 0 Å². The quantitative estimate of drug-likeness (QED) is 0.771. The van der Waals surface area contributed by atoms with Crippen molar-refractivity contribution in [2.24, 2.45) is 0 Å². The molecule has 0 aliphatic carbocycles. The molecule has 0 aromatic heterocycles. The van der Waals surface area contributed by atoms with Crippen molar-refractivity contribution in [1.29, 1.82) is 0 Å². The van der Waals surface area contributed by atoms with Gasteiger partial charge in [-0.1, -0.05) is 23.4 Å². The van der Waals surface area contributed by atoms with Crippen LogP contribution in [0.5, 0.6) is 0 Å². The smallest absolute Gasteiger partial charge is 0.151 e. The van der Waals surface area contributed by atoms with Crippen molar-refractivity contribution >= 4 is 18.0 Å². The molecule has 0 saturated carbocycles. The number of benzene rings is 2. The van der Waals surface area contributed by atoms with Crippen LogP contribution >= 0.6 is 11.8 Å². The molecule has 0 N–H and O–H groups in total. The molecule has 2 aromatic rings. The molecule has 0 fully saturated rings. The summed E-state index contributed by atoms with van der Waals surface area (Å²) in [5, 5.41) is 0. The fraction of sp³-hybridized carbons (Fsp3) is 0.0714. The second-order valence-electron chi connectivity index (χ2n) is 3.84. The van der Waals surface area contributed by atoms with Gasteiger partial charge in [-0.3, -0.25) is 4.79 Å². The first-order chi connectivity index (χ1) is 8.60. The number of hydrogen-bond acceptors (Lipinski definition) is 2. The largest absolute Gasteiger partial charge is 0.298 e. The molecule has 0 heterocycles. The van der Waals surface area contributed by atoms with Crippen LogP contribution in [0.3, 0.4) is 0 Å². The van der Waals surface area contributed by atoms with E-state index < -0.39 is 11.6 Å². The van der Waals surface area contributed by atoms with Crippen LogP contribution < -0.4 is 0 Å². The zero-order valence-corrected chi connectivity index (χ0v) is 10.4. The Kier molecular flexibility index (Phi) is 3.77. The first-order valence-corrected chi connectivity index (χ1v) is 6.10. The Morgan fingerprint density at radius 2 is 1.83 bits per heavy atom. The summed E-state index contributed by atoms with van der Waals surface area (Å²) >= 11 is 1.04. The molecule has 2 rings (SSSR count). The summed E-state index contributed by atoms with van der Waals surface area (Å²) in [7, 11) is 0. The normalized spacial score (nSPS) is 10.4. The third-order valence-electron chi connectivity index (χ3n) is 2.41. The van der Waals surface area contributed by atoms with Gasteiger partial charge in [0.2, 0.25) is 0 Å². The first kappa shape index (κ1) is 12.8. The average Bonchev–Trinajstić information content (AvgIpc) is 2.36. The second-order valence-corrected chi connectivity index (χ2v) is 4.92. The van der Waals surface area contributed by atoms with Crippen LogP contribution in [0.2, 0.25) is 0 Å². The molecular weight excluding hydrogens is 254 g/mol. The minimum Gasteiger partial charge on any atom is -0.298 e. The molecular formula is C14H10F2OS. The Hall–Kier alpha value is -1.68. The van der Waals surface area contributed by atoms with Gasteiger partial charge in [0.1, 0.15) is 11.6 Å². The van der Waals surface area contributed by atoms with E-state index in [1.807, 2.05) is 13.0 Å². The van der Waals surface area contributed by atoms with Crippen LogP contribution in [-0.2, 0) is 0 Å². The van der Waals surface area contributed by atoms with E-state index in [9.17, 15) is 13.6 Å². The van der Waals surface area contributed by atoms with Crippen molar-refractivity contribution in [3.05, 3.63) is 59.2 Å². The van der Waals surface area contributed by atoms with Crippen molar-refractivity contribution in [2.45, 2.75) is 16.7 Å². The van der Waals surface area contributed by atoms with Crippen LogP contribution in [0.25, 0.3) is 0 Å². The van der Waals surface area contributed by atoms with Crippen LogP contribution in [0.1, 0.15) is 15.9 Å². The van der Waals surface area contributed by atoms with Crippen molar-refractivity contribution < 1.29 is 13.6 Å². The minimum absolute atomic E-state index is 0.168. The third-order valence-corrected chi connectivity index (χ3v) is 3.53. The molecule has 0 aliphatic rings. The highest BCUT2D eigenvalue weighted by Crippen LogP contribution is 2.32. The molecule has 0 radical (unpaired) electrons. The Morgan fingerprint density at radius 3 is 2.56 bits per heavy atom. The molecule has 2 aromatic carbocycles. The lowest BCUT2D eigenvalue weighted by Gasteiger charge is -2.06. The van der Waals surface area contributed by atoms with Gasteiger partial charge in [0, 0.05) is 10.5 Å². The topological polar surface area (TPSA) is 17.1 Å². The van der Waals surface area contributed by atoms with E-state index in [4.69, 9.17) is 0 Å². The van der Waals surface area contributed by atoms with E-state index in [0.717, 1.165) is 35.5 Å². The number of carbonyl (C=O) groups excluding carboxylic acids is 1. The van der Waals surface area contributed by atoms with Crippen molar-refractivity contribution in [3.8, 4) is 0 Å². The molecule has 18 heavy (non-hydrogen) atoms. The molecule has 0 bridgehead atoms. The minimum atomic E-state index is -0.501. The maximum atomic E-state index is 13.5. The SMILES string of the molecule is Cc1ccc(Sc2cc(F)ccc2F)c(C=O)c1. The predicted octanol–water partition coefficient (Wildman–Crippen LogP) is 4.24. The number of aldehydes is 1. The predicted molar refractivity (Wildman–Crippen MR) is 67.0 cm³/mol. The van der Waals surface area contributed by atoms with Gasteiger partial charge in [0.05, 0.1) is 4.90 Å². The monoisotopic (exact) mass is 264 g/mol. The van der Waals surface area contributed by atoms with Gasteiger partial charge < -0.3 is 0 Å². The summed E-state index contributed by atoms with van der Waals surface area (Å²) in [6.45, 7) is 1.87. The van der Waals surface area contributed by atoms with E-state index in [1.165, 1.54) is 0 Å². The Labute approximate surface area is 108 Å². The molecule has 0 spiro atoms. The van der Waals surface area contributed by atoms with E-state index in [0.29, 0.717) is 16.7 Å². The molecule has 1 nitrogen and oxygen atoms in total. The molecule has 0 atom stereocenters. The number of carbonyl (C=O) groups is 1. The van der Waals surface area contributed by atoms with Gasteiger partial charge in [0.15, 0.2) is 6.29 Å². The summed E-state index contributed by atoms with van der Waals surface area (Å²) < 4.78 is 26.5. The summed E-state index contributed by atoms with van der Waals surface area (Å²) in [6.07, 6.45) is 0.715. The number of hydrogen-bond donors (Lipinski definition) is 0. The highest BCUT2D eigenvalue weighted by Gasteiger charge is 2.09. The number of aryl methyl sites for hydroxylation is 1. The zero-order chi connectivity index (χ0) is 13.1. The van der Waals surface area contributed by atoms with Crippen molar-refractivity contribution in [1.82, 2.24) is 0 Å². The fourth-order valence-electron chi connectivity index (χ4n) is 1.53. The van der Waals surface area contributed by atoms with Gasteiger partial charge in [-0.25, -0.2) is 8.78 Å². The molecule has 92 valence electrons. The second kappa shape index (κ2) is 5.31. The lowest BCUT2D eigenvalue weighted by atomic mass is 10.2. The fourth-order valence-corrected chi connectivity index (χ4v) is 2.46. The maximum absolute atomic E-state index is 13.5. The molecule has 0 saturated heterocycles. The highest BCUT2D eigenvalue weighted by molar-refractivity contribution is 7.99. The van der Waals surface area contributed by atoms with Gasteiger partial charge in [0.25, 0.3) is 0 Å². The van der Waals surface area contributed by atoms with Gasteiger partial charge in [-0.15, -0.1) is 0 Å². The Bertz CT molecular complexity index is 596. The zero-order valence-electron chi connectivity index (χ0n) is 9.61. The van der Waals surface area contributed by atoms with E-state index in [1.54, 1.807) is 12.1 Å². The lowest BCUT2D eigenvalue weighted by Crippen LogP contribution is -1.89.